The lowest BCUT2D eigenvalue weighted by Crippen LogP contribution is -2.26. The Bertz CT molecular complexity index is 202. The molecule has 0 aromatic heterocycles. The van der Waals surface area contributed by atoms with Gasteiger partial charge in [0.1, 0.15) is 0 Å². The molecule has 0 unspecified atom stereocenters. The average molecular weight is 283 g/mol. The number of unbranched alkanes of at least 4 members (excludes halogenated alkanes) is 12. The van der Waals surface area contributed by atoms with Crippen molar-refractivity contribution in [3.8, 4) is 0 Å². The largest absolute Gasteiger partial charge is 0.329 e. The van der Waals surface area contributed by atoms with E-state index in [-0.39, 0.29) is 6.04 Å². The molecule has 0 aromatic carbocycles. The van der Waals surface area contributed by atoms with Crippen molar-refractivity contribution in [2.24, 2.45) is 11.5 Å². The molecule has 20 heavy (non-hydrogen) atoms. The van der Waals surface area contributed by atoms with Crippen molar-refractivity contribution < 1.29 is 0 Å². The van der Waals surface area contributed by atoms with Gasteiger partial charge in [-0.25, -0.2) is 0 Å². The van der Waals surface area contributed by atoms with Gasteiger partial charge in [-0.1, -0.05) is 89.7 Å². The Balaban J connectivity index is 3.04. The lowest BCUT2D eigenvalue weighted by Gasteiger charge is -2.02. The van der Waals surface area contributed by atoms with Crippen LogP contribution in [0.4, 0.5) is 0 Å². The van der Waals surface area contributed by atoms with Crippen LogP contribution in [-0.4, -0.2) is 12.6 Å². The van der Waals surface area contributed by atoms with Gasteiger partial charge in [-0.2, -0.15) is 0 Å². The summed E-state index contributed by atoms with van der Waals surface area (Å²) in [4.78, 5) is 0. The molecule has 0 aliphatic rings. The van der Waals surface area contributed by atoms with Crippen LogP contribution in [0.1, 0.15) is 90.4 Å². The lowest BCUT2D eigenvalue weighted by atomic mass is 10.0. The standard InChI is InChI=1S/C18H38N2/c1-2-3-4-5-6-7-8-9-10-11-12-13-14-15-16-18(20)17-19/h15-16,18H,2-14,17,19-20H2,1H3/b16-15-/t18-/m1/s1. The Labute approximate surface area is 127 Å². The fraction of sp³-hybridized carbons (Fsp3) is 0.889. The summed E-state index contributed by atoms with van der Waals surface area (Å²) < 4.78 is 0. The molecule has 2 nitrogen and oxygen atoms in total. The predicted octanol–water partition coefficient (Wildman–Crippen LogP) is 4.92. The maximum absolute atomic E-state index is 5.71. The van der Waals surface area contributed by atoms with E-state index in [0.29, 0.717) is 6.54 Å². The summed E-state index contributed by atoms with van der Waals surface area (Å²) in [5.41, 5.74) is 11.2. The van der Waals surface area contributed by atoms with Crippen LogP contribution in [0.3, 0.4) is 0 Å². The molecule has 0 bridgehead atoms. The molecule has 0 rings (SSSR count). The number of allylic oxidation sites excluding steroid dienone is 1. The van der Waals surface area contributed by atoms with Crippen LogP contribution in [0.5, 0.6) is 0 Å². The summed E-state index contributed by atoms with van der Waals surface area (Å²) in [5.74, 6) is 0. The quantitative estimate of drug-likeness (QED) is 0.331. The second kappa shape index (κ2) is 16.7. The summed E-state index contributed by atoms with van der Waals surface area (Å²) >= 11 is 0. The zero-order valence-electron chi connectivity index (χ0n) is 13.8. The first-order valence-corrected chi connectivity index (χ1v) is 8.93. The first-order chi connectivity index (χ1) is 9.81. The van der Waals surface area contributed by atoms with Gasteiger partial charge in [-0.05, 0) is 12.8 Å². The maximum atomic E-state index is 5.71. The zero-order valence-corrected chi connectivity index (χ0v) is 13.8. The van der Waals surface area contributed by atoms with Crippen molar-refractivity contribution in [1.82, 2.24) is 0 Å². The third-order valence-corrected chi connectivity index (χ3v) is 3.88. The highest BCUT2D eigenvalue weighted by Gasteiger charge is 1.93. The molecule has 0 saturated carbocycles. The minimum atomic E-state index is 0.0485. The number of hydrogen-bond donors (Lipinski definition) is 2. The van der Waals surface area contributed by atoms with Crippen molar-refractivity contribution >= 4 is 0 Å². The van der Waals surface area contributed by atoms with Gasteiger partial charge < -0.3 is 11.5 Å². The van der Waals surface area contributed by atoms with E-state index in [0.717, 1.165) is 6.42 Å². The molecule has 0 aliphatic carbocycles. The lowest BCUT2D eigenvalue weighted by molar-refractivity contribution is 0.545. The molecule has 2 heteroatoms. The van der Waals surface area contributed by atoms with E-state index in [4.69, 9.17) is 11.5 Å². The van der Waals surface area contributed by atoms with Crippen LogP contribution in [0.15, 0.2) is 12.2 Å². The second-order valence-electron chi connectivity index (χ2n) is 6.01. The molecule has 0 aliphatic heterocycles. The second-order valence-corrected chi connectivity index (χ2v) is 6.01. The Morgan fingerprint density at radius 3 is 1.65 bits per heavy atom. The van der Waals surface area contributed by atoms with Gasteiger partial charge in [-0.15, -0.1) is 0 Å². The Hall–Kier alpha value is -0.340. The first-order valence-electron chi connectivity index (χ1n) is 8.93. The number of rotatable bonds is 15. The molecule has 0 radical (unpaired) electrons. The predicted molar refractivity (Wildman–Crippen MR) is 91.9 cm³/mol. The van der Waals surface area contributed by atoms with E-state index in [1.807, 2.05) is 6.08 Å². The smallest absolute Gasteiger partial charge is 0.0348 e. The van der Waals surface area contributed by atoms with E-state index in [9.17, 15) is 0 Å². The van der Waals surface area contributed by atoms with Crippen LogP contribution in [0.2, 0.25) is 0 Å². The van der Waals surface area contributed by atoms with E-state index in [1.54, 1.807) is 0 Å². The fourth-order valence-electron chi connectivity index (χ4n) is 2.45. The highest BCUT2D eigenvalue weighted by Crippen LogP contribution is 2.12. The highest BCUT2D eigenvalue weighted by molar-refractivity contribution is 4.91. The van der Waals surface area contributed by atoms with Crippen LogP contribution in [0.25, 0.3) is 0 Å². The van der Waals surface area contributed by atoms with Crippen molar-refractivity contribution in [2.75, 3.05) is 6.54 Å². The summed E-state index contributed by atoms with van der Waals surface area (Å²) in [6, 6.07) is 0.0485. The van der Waals surface area contributed by atoms with Crippen LogP contribution in [0, 0.1) is 0 Å². The Kier molecular flexibility index (Phi) is 16.4. The molecule has 0 fully saturated rings. The molecule has 120 valence electrons. The maximum Gasteiger partial charge on any atom is 0.0348 e. The normalized spacial score (nSPS) is 13.2. The summed E-state index contributed by atoms with van der Waals surface area (Å²) in [7, 11) is 0. The first kappa shape index (κ1) is 19.7. The fourth-order valence-corrected chi connectivity index (χ4v) is 2.45. The van der Waals surface area contributed by atoms with Crippen molar-refractivity contribution in [3.05, 3.63) is 12.2 Å². The van der Waals surface area contributed by atoms with E-state index < -0.39 is 0 Å². The minimum absolute atomic E-state index is 0.0485. The average Bonchev–Trinajstić information content (AvgIpc) is 2.47. The van der Waals surface area contributed by atoms with Crippen LogP contribution >= 0.6 is 0 Å². The third kappa shape index (κ3) is 15.7. The Morgan fingerprint density at radius 1 is 0.750 bits per heavy atom. The summed E-state index contributed by atoms with van der Waals surface area (Å²) in [6.45, 7) is 2.83. The molecule has 0 aromatic rings. The van der Waals surface area contributed by atoms with Crippen molar-refractivity contribution in [3.63, 3.8) is 0 Å². The molecule has 0 amide bonds. The van der Waals surface area contributed by atoms with Gasteiger partial charge in [0, 0.05) is 12.6 Å². The Morgan fingerprint density at radius 2 is 1.20 bits per heavy atom. The van der Waals surface area contributed by atoms with Gasteiger partial charge in [0.05, 0.1) is 0 Å². The van der Waals surface area contributed by atoms with Gasteiger partial charge in [0.2, 0.25) is 0 Å². The van der Waals surface area contributed by atoms with Crippen molar-refractivity contribution in [1.29, 1.82) is 0 Å². The number of hydrogen-bond acceptors (Lipinski definition) is 2. The molecular formula is C18H38N2. The summed E-state index contributed by atoms with van der Waals surface area (Å²) in [5, 5.41) is 0. The molecule has 0 heterocycles. The van der Waals surface area contributed by atoms with Gasteiger partial charge >= 0.3 is 0 Å². The number of nitrogens with two attached hydrogens (primary N) is 2. The molecule has 0 saturated heterocycles. The van der Waals surface area contributed by atoms with Crippen LogP contribution < -0.4 is 11.5 Å². The van der Waals surface area contributed by atoms with E-state index in [2.05, 4.69) is 13.0 Å². The zero-order chi connectivity index (χ0) is 14.9. The highest BCUT2D eigenvalue weighted by atomic mass is 14.7. The summed E-state index contributed by atoms with van der Waals surface area (Å²) in [6.07, 6.45) is 22.3. The molecule has 0 spiro atoms. The van der Waals surface area contributed by atoms with Gasteiger partial charge in [0.25, 0.3) is 0 Å². The molecule has 4 N–H and O–H groups in total. The SMILES string of the molecule is CCCCCCCCCCCCCC/C=C\[C@@H](N)CN. The minimum Gasteiger partial charge on any atom is -0.329 e. The van der Waals surface area contributed by atoms with Crippen LogP contribution in [-0.2, 0) is 0 Å². The molecule has 1 atom stereocenters. The third-order valence-electron chi connectivity index (χ3n) is 3.88. The van der Waals surface area contributed by atoms with E-state index in [1.165, 1.54) is 77.0 Å². The van der Waals surface area contributed by atoms with Gasteiger partial charge in [0.15, 0.2) is 0 Å². The topological polar surface area (TPSA) is 52.0 Å². The van der Waals surface area contributed by atoms with Crippen molar-refractivity contribution in [2.45, 2.75) is 96.4 Å². The van der Waals surface area contributed by atoms with E-state index >= 15 is 0 Å². The monoisotopic (exact) mass is 282 g/mol. The van der Waals surface area contributed by atoms with Gasteiger partial charge in [-0.3, -0.25) is 0 Å². The molecular weight excluding hydrogens is 244 g/mol.